The minimum Gasteiger partial charge on any atom is -0.456 e. The van der Waals surface area contributed by atoms with E-state index in [-0.39, 0.29) is 0 Å². The van der Waals surface area contributed by atoms with Crippen molar-refractivity contribution < 1.29 is 8.83 Å². The van der Waals surface area contributed by atoms with Crippen LogP contribution < -0.4 is 0 Å². The van der Waals surface area contributed by atoms with Crippen LogP contribution in [0.4, 0.5) is 0 Å². The fourth-order valence-electron chi connectivity index (χ4n) is 11.7. The van der Waals surface area contributed by atoms with E-state index in [1.165, 1.54) is 88.7 Å². The third kappa shape index (κ3) is 3.21. The summed E-state index contributed by atoms with van der Waals surface area (Å²) in [5, 5.41) is 4.66. The van der Waals surface area contributed by atoms with Crippen LogP contribution in [0.1, 0.15) is 44.5 Å². The molecule has 0 aliphatic heterocycles. The molecule has 2 aromatic heterocycles. The predicted octanol–water partition coefficient (Wildman–Crippen LogP) is 14.6. The molecule has 2 spiro atoms. The summed E-state index contributed by atoms with van der Waals surface area (Å²) >= 11 is 7.97. The number of benzene rings is 8. The maximum Gasteiger partial charge on any atom is 0.136 e. The second-order valence-corrected chi connectivity index (χ2v) is 17.5. The van der Waals surface area contributed by atoms with E-state index in [4.69, 9.17) is 8.83 Å². The summed E-state index contributed by atoms with van der Waals surface area (Å²) in [5.74, 6) is 0. The standard InChI is InChI=1S/C52H26Br2O2/c53-27-17-19-31-39(25-27)51(35-13-5-1-9-29(35)45-37(51)21-23-43-47(45)33-11-3-7-15-41(33)55-43)49-32-20-18-28(54)26-40(32)52(50(31)49)36-14-6-2-10-30(36)46-38(52)22-24-44-48(46)34-12-4-8-16-42(34)56-44/h1-26H. The monoisotopic (exact) mass is 840 g/mol. The lowest BCUT2D eigenvalue weighted by Gasteiger charge is -2.35. The van der Waals surface area contributed by atoms with Gasteiger partial charge in [-0.3, -0.25) is 0 Å². The molecule has 8 aromatic carbocycles. The quantitative estimate of drug-likeness (QED) is 0.152. The molecular formula is C52H26Br2O2. The van der Waals surface area contributed by atoms with Crippen molar-refractivity contribution in [3.05, 3.63) is 211 Å². The van der Waals surface area contributed by atoms with Crippen molar-refractivity contribution in [3.63, 3.8) is 0 Å². The van der Waals surface area contributed by atoms with Gasteiger partial charge < -0.3 is 8.83 Å². The largest absolute Gasteiger partial charge is 0.456 e. The maximum atomic E-state index is 6.57. The maximum absolute atomic E-state index is 6.57. The lowest BCUT2D eigenvalue weighted by Crippen LogP contribution is -2.28. The van der Waals surface area contributed by atoms with Gasteiger partial charge in [-0.25, -0.2) is 0 Å². The van der Waals surface area contributed by atoms with Crippen molar-refractivity contribution in [1.82, 2.24) is 0 Å². The summed E-state index contributed by atoms with van der Waals surface area (Å²) in [4.78, 5) is 0. The number of hydrogen-bond donors (Lipinski definition) is 0. The molecule has 2 heterocycles. The first kappa shape index (κ1) is 30.3. The second kappa shape index (κ2) is 10.1. The van der Waals surface area contributed by atoms with E-state index >= 15 is 0 Å². The van der Waals surface area contributed by atoms with Gasteiger partial charge in [0.1, 0.15) is 22.3 Å². The normalized spacial score (nSPS) is 19.3. The smallest absolute Gasteiger partial charge is 0.136 e. The fraction of sp³-hybridized carbons (Fsp3) is 0.0385. The van der Waals surface area contributed by atoms with E-state index in [9.17, 15) is 0 Å². The van der Waals surface area contributed by atoms with Crippen LogP contribution in [0.2, 0.25) is 0 Å². The summed E-state index contributed by atoms with van der Waals surface area (Å²) in [6, 6.07) is 58.4. The first-order valence-electron chi connectivity index (χ1n) is 19.1. The van der Waals surface area contributed by atoms with Gasteiger partial charge >= 0.3 is 0 Å². The minimum absolute atomic E-state index is 0.594. The van der Waals surface area contributed by atoms with Gasteiger partial charge in [-0.15, -0.1) is 0 Å². The Morgan fingerprint density at radius 3 is 1.25 bits per heavy atom. The molecule has 0 amide bonds. The van der Waals surface area contributed by atoms with E-state index < -0.39 is 10.8 Å². The molecule has 2 unspecified atom stereocenters. The average Bonchev–Trinajstić information content (AvgIpc) is 4.05. The van der Waals surface area contributed by atoms with Gasteiger partial charge in [0.05, 0.1) is 10.8 Å². The number of rotatable bonds is 0. The van der Waals surface area contributed by atoms with Crippen LogP contribution in [0.25, 0.3) is 77.3 Å². The van der Waals surface area contributed by atoms with Crippen LogP contribution in [0.5, 0.6) is 0 Å². The molecule has 260 valence electrons. The summed E-state index contributed by atoms with van der Waals surface area (Å²) in [6.07, 6.45) is 0. The Balaban J connectivity index is 1.22. The van der Waals surface area contributed by atoms with E-state index in [2.05, 4.69) is 190 Å². The minimum atomic E-state index is -0.594. The first-order valence-corrected chi connectivity index (χ1v) is 20.6. The molecule has 0 radical (unpaired) electrons. The molecule has 4 heteroatoms. The van der Waals surface area contributed by atoms with E-state index in [1.54, 1.807) is 0 Å². The van der Waals surface area contributed by atoms with Gasteiger partial charge in [-0.05, 0) is 126 Å². The predicted molar refractivity (Wildman–Crippen MR) is 233 cm³/mol. The highest BCUT2D eigenvalue weighted by Gasteiger charge is 2.64. The molecule has 0 N–H and O–H groups in total. The number of allylic oxidation sites excluding steroid dienone is 2. The number of para-hydroxylation sites is 2. The summed E-state index contributed by atoms with van der Waals surface area (Å²) in [7, 11) is 0. The van der Waals surface area contributed by atoms with Gasteiger partial charge in [-0.1, -0.05) is 141 Å². The molecule has 0 bridgehead atoms. The molecule has 0 saturated carbocycles. The van der Waals surface area contributed by atoms with Crippen molar-refractivity contribution >= 4 is 86.9 Å². The van der Waals surface area contributed by atoms with Gasteiger partial charge in [0.25, 0.3) is 0 Å². The van der Waals surface area contributed by atoms with Crippen molar-refractivity contribution in [2.75, 3.05) is 0 Å². The van der Waals surface area contributed by atoms with Gasteiger partial charge in [-0.2, -0.15) is 0 Å². The molecule has 0 saturated heterocycles. The average molecular weight is 843 g/mol. The van der Waals surface area contributed by atoms with Crippen molar-refractivity contribution in [3.8, 4) is 22.3 Å². The van der Waals surface area contributed by atoms with Crippen LogP contribution in [0.15, 0.2) is 176 Å². The van der Waals surface area contributed by atoms with Crippen molar-refractivity contribution in [2.24, 2.45) is 0 Å². The number of fused-ring (bicyclic) bond motifs is 26. The number of halogens is 2. The van der Waals surface area contributed by atoms with Crippen molar-refractivity contribution in [2.45, 2.75) is 10.8 Å². The van der Waals surface area contributed by atoms with E-state index in [0.717, 1.165) is 42.0 Å². The Labute approximate surface area is 338 Å². The summed E-state index contributed by atoms with van der Waals surface area (Å²) in [6.45, 7) is 0. The molecule has 0 fully saturated rings. The van der Waals surface area contributed by atoms with Gasteiger partial charge in [0.15, 0.2) is 0 Å². The third-order valence-electron chi connectivity index (χ3n) is 13.4. The molecule has 2 nitrogen and oxygen atoms in total. The molecule has 4 aliphatic rings. The van der Waals surface area contributed by atoms with E-state index in [0.29, 0.717) is 0 Å². The zero-order chi connectivity index (χ0) is 36.7. The van der Waals surface area contributed by atoms with Crippen LogP contribution in [0.3, 0.4) is 0 Å². The number of furan rings is 2. The molecule has 56 heavy (non-hydrogen) atoms. The highest BCUT2D eigenvalue weighted by atomic mass is 79.9. The lowest BCUT2D eigenvalue weighted by molar-refractivity contribution is 0.668. The SMILES string of the molecule is Brc1ccc2c(c1)C1(C3=C2C2(c4cc(Br)ccc43)c3ccccc3-c3c2ccc2oc4ccccc4c32)c2ccccc2-c2c1ccc1oc3ccccc3c21. The zero-order valence-electron chi connectivity index (χ0n) is 29.6. The first-order chi connectivity index (χ1) is 27.6. The third-order valence-corrected chi connectivity index (χ3v) is 14.4. The highest BCUT2D eigenvalue weighted by molar-refractivity contribution is 9.10. The van der Waals surface area contributed by atoms with E-state index in [1.807, 2.05) is 0 Å². The van der Waals surface area contributed by atoms with Crippen LogP contribution >= 0.6 is 31.9 Å². The van der Waals surface area contributed by atoms with Gasteiger partial charge in [0, 0.05) is 30.5 Å². The Morgan fingerprint density at radius 2 is 0.768 bits per heavy atom. The van der Waals surface area contributed by atoms with Crippen LogP contribution in [0, 0.1) is 0 Å². The van der Waals surface area contributed by atoms with Gasteiger partial charge in [0.2, 0.25) is 0 Å². The summed E-state index contributed by atoms with van der Waals surface area (Å²) < 4.78 is 15.3. The fourth-order valence-corrected chi connectivity index (χ4v) is 12.4. The molecular weight excluding hydrogens is 816 g/mol. The number of hydrogen-bond acceptors (Lipinski definition) is 2. The topological polar surface area (TPSA) is 26.3 Å². The Kier molecular flexibility index (Phi) is 5.45. The Hall–Kier alpha value is -5.94. The molecule has 10 aromatic rings. The molecule has 14 rings (SSSR count). The lowest BCUT2D eigenvalue weighted by atomic mass is 9.66. The molecule has 2 atom stereocenters. The summed E-state index contributed by atoms with van der Waals surface area (Å²) in [5.41, 5.74) is 20.7. The Morgan fingerprint density at radius 1 is 0.339 bits per heavy atom. The van der Waals surface area contributed by atoms with Crippen molar-refractivity contribution in [1.29, 1.82) is 0 Å². The highest BCUT2D eigenvalue weighted by Crippen LogP contribution is 2.75. The molecule has 4 aliphatic carbocycles. The zero-order valence-corrected chi connectivity index (χ0v) is 32.8. The van der Waals surface area contributed by atoms with Crippen LogP contribution in [-0.2, 0) is 10.8 Å². The Bertz CT molecular complexity index is 3290. The second-order valence-electron chi connectivity index (χ2n) is 15.6. The van der Waals surface area contributed by atoms with Crippen LogP contribution in [-0.4, -0.2) is 0 Å².